The standard InChI is InChI=1S/C19H27N5O/c1-15-12-18(21-23(15)3)19(25)22(2)13-17-6-10-24(11-7-17)14-16-4-8-20-9-5-16/h4-5,8-9,12,17H,6-7,10-11,13-14H2,1-3H3. The summed E-state index contributed by atoms with van der Waals surface area (Å²) in [6.45, 7) is 5.91. The minimum absolute atomic E-state index is 0.0166. The number of aromatic nitrogens is 3. The van der Waals surface area contributed by atoms with Crippen LogP contribution in [0.3, 0.4) is 0 Å². The van der Waals surface area contributed by atoms with E-state index in [1.54, 1.807) is 4.68 Å². The lowest BCUT2D eigenvalue weighted by atomic mass is 9.96. The number of nitrogens with zero attached hydrogens (tertiary/aromatic N) is 5. The molecular formula is C19H27N5O. The lowest BCUT2D eigenvalue weighted by molar-refractivity contribution is 0.0731. The highest BCUT2D eigenvalue weighted by atomic mass is 16.2. The molecule has 0 bridgehead atoms. The highest BCUT2D eigenvalue weighted by Gasteiger charge is 2.23. The summed E-state index contributed by atoms with van der Waals surface area (Å²) in [5, 5.41) is 4.30. The predicted molar refractivity (Wildman–Crippen MR) is 97.1 cm³/mol. The number of aryl methyl sites for hydroxylation is 2. The molecule has 0 unspecified atom stereocenters. The van der Waals surface area contributed by atoms with Crippen molar-refractivity contribution in [2.75, 3.05) is 26.7 Å². The molecule has 3 rings (SSSR count). The van der Waals surface area contributed by atoms with E-state index in [2.05, 4.69) is 27.1 Å². The summed E-state index contributed by atoms with van der Waals surface area (Å²) in [6.07, 6.45) is 5.96. The maximum absolute atomic E-state index is 12.5. The lowest BCUT2D eigenvalue weighted by Gasteiger charge is -2.33. The van der Waals surface area contributed by atoms with Crippen LogP contribution in [0.4, 0.5) is 0 Å². The molecule has 1 saturated heterocycles. The number of carbonyl (C=O) groups excluding carboxylic acids is 1. The average molecular weight is 341 g/mol. The summed E-state index contributed by atoms with van der Waals surface area (Å²) in [5.41, 5.74) is 2.85. The number of likely N-dealkylation sites (tertiary alicyclic amines) is 1. The number of carbonyl (C=O) groups is 1. The van der Waals surface area contributed by atoms with Crippen molar-refractivity contribution >= 4 is 5.91 Å². The number of piperidine rings is 1. The summed E-state index contributed by atoms with van der Waals surface area (Å²) in [4.78, 5) is 20.9. The Balaban J connectivity index is 1.47. The van der Waals surface area contributed by atoms with E-state index in [4.69, 9.17) is 0 Å². The third kappa shape index (κ3) is 4.45. The van der Waals surface area contributed by atoms with Crippen LogP contribution in [0.25, 0.3) is 0 Å². The Morgan fingerprint density at radius 2 is 1.96 bits per heavy atom. The van der Waals surface area contributed by atoms with Gasteiger partial charge in [0.25, 0.3) is 5.91 Å². The number of hydrogen-bond acceptors (Lipinski definition) is 4. The van der Waals surface area contributed by atoms with E-state index in [1.807, 2.05) is 44.4 Å². The second-order valence-electron chi connectivity index (χ2n) is 7.06. The zero-order valence-electron chi connectivity index (χ0n) is 15.4. The molecule has 1 aliphatic rings. The molecule has 25 heavy (non-hydrogen) atoms. The molecular weight excluding hydrogens is 314 g/mol. The van der Waals surface area contributed by atoms with Crippen LogP contribution < -0.4 is 0 Å². The van der Waals surface area contributed by atoms with E-state index < -0.39 is 0 Å². The van der Waals surface area contributed by atoms with Crippen molar-refractivity contribution in [2.24, 2.45) is 13.0 Å². The Morgan fingerprint density at radius 3 is 2.56 bits per heavy atom. The maximum atomic E-state index is 12.5. The van der Waals surface area contributed by atoms with Gasteiger partial charge in [-0.25, -0.2) is 0 Å². The minimum Gasteiger partial charge on any atom is -0.340 e. The second-order valence-corrected chi connectivity index (χ2v) is 7.06. The first-order valence-electron chi connectivity index (χ1n) is 8.90. The fourth-order valence-corrected chi connectivity index (χ4v) is 3.40. The quantitative estimate of drug-likeness (QED) is 0.836. The molecule has 134 valence electrons. The molecule has 1 amide bonds. The third-order valence-corrected chi connectivity index (χ3v) is 5.07. The number of rotatable bonds is 5. The van der Waals surface area contributed by atoms with Crippen LogP contribution in [0.5, 0.6) is 0 Å². The fourth-order valence-electron chi connectivity index (χ4n) is 3.40. The van der Waals surface area contributed by atoms with Crippen LogP contribution in [0.15, 0.2) is 30.6 Å². The molecule has 1 aliphatic heterocycles. The van der Waals surface area contributed by atoms with E-state index in [1.165, 1.54) is 5.56 Å². The van der Waals surface area contributed by atoms with E-state index in [0.717, 1.165) is 44.7 Å². The first-order valence-corrected chi connectivity index (χ1v) is 8.90. The van der Waals surface area contributed by atoms with Crippen molar-refractivity contribution in [2.45, 2.75) is 26.3 Å². The summed E-state index contributed by atoms with van der Waals surface area (Å²) in [6, 6.07) is 6.01. The van der Waals surface area contributed by atoms with Crippen LogP contribution in [-0.2, 0) is 13.6 Å². The van der Waals surface area contributed by atoms with E-state index >= 15 is 0 Å². The highest BCUT2D eigenvalue weighted by molar-refractivity contribution is 5.92. The van der Waals surface area contributed by atoms with Crippen molar-refractivity contribution in [1.29, 1.82) is 0 Å². The van der Waals surface area contributed by atoms with Gasteiger partial charge in [0.2, 0.25) is 0 Å². The second kappa shape index (κ2) is 7.78. The third-order valence-electron chi connectivity index (χ3n) is 5.07. The Hall–Kier alpha value is -2.21. The van der Waals surface area contributed by atoms with Gasteiger partial charge >= 0.3 is 0 Å². The molecule has 6 nitrogen and oxygen atoms in total. The SMILES string of the molecule is Cc1cc(C(=O)N(C)CC2CCN(Cc3ccncc3)CC2)nn1C. The maximum Gasteiger partial charge on any atom is 0.274 e. The topological polar surface area (TPSA) is 54.3 Å². The molecule has 3 heterocycles. The Kier molecular flexibility index (Phi) is 5.48. The van der Waals surface area contributed by atoms with Gasteiger partial charge in [-0.3, -0.25) is 19.4 Å². The van der Waals surface area contributed by atoms with E-state index in [0.29, 0.717) is 11.6 Å². The Morgan fingerprint density at radius 1 is 1.28 bits per heavy atom. The van der Waals surface area contributed by atoms with Gasteiger partial charge in [-0.15, -0.1) is 0 Å². The van der Waals surface area contributed by atoms with Crippen LogP contribution in [-0.4, -0.2) is 57.2 Å². The molecule has 0 aromatic carbocycles. The number of hydrogen-bond donors (Lipinski definition) is 0. The molecule has 0 atom stereocenters. The molecule has 2 aromatic heterocycles. The summed E-state index contributed by atoms with van der Waals surface area (Å²) in [7, 11) is 3.75. The van der Waals surface area contributed by atoms with E-state index in [9.17, 15) is 4.79 Å². The van der Waals surface area contributed by atoms with Gasteiger partial charge < -0.3 is 4.90 Å². The number of pyridine rings is 1. The molecule has 0 aliphatic carbocycles. The smallest absolute Gasteiger partial charge is 0.274 e. The first kappa shape index (κ1) is 17.6. The van der Waals surface area contributed by atoms with Crippen molar-refractivity contribution in [3.63, 3.8) is 0 Å². The van der Waals surface area contributed by atoms with Crippen LogP contribution in [0.2, 0.25) is 0 Å². The molecule has 0 saturated carbocycles. The summed E-state index contributed by atoms with van der Waals surface area (Å²) >= 11 is 0. The van der Waals surface area contributed by atoms with Gasteiger partial charge in [0.1, 0.15) is 0 Å². The van der Waals surface area contributed by atoms with Gasteiger partial charge in [0.15, 0.2) is 5.69 Å². The lowest BCUT2D eigenvalue weighted by Crippen LogP contribution is -2.39. The molecule has 0 radical (unpaired) electrons. The molecule has 2 aromatic rings. The van der Waals surface area contributed by atoms with Crippen molar-refractivity contribution in [3.05, 3.63) is 47.5 Å². The van der Waals surface area contributed by atoms with Crippen molar-refractivity contribution in [1.82, 2.24) is 24.6 Å². The largest absolute Gasteiger partial charge is 0.340 e. The van der Waals surface area contributed by atoms with Crippen molar-refractivity contribution in [3.8, 4) is 0 Å². The molecule has 1 fully saturated rings. The molecule has 0 spiro atoms. The fraction of sp³-hybridized carbons (Fsp3) is 0.526. The van der Waals surface area contributed by atoms with Crippen LogP contribution in [0.1, 0.15) is 34.6 Å². The Labute approximate surface area is 149 Å². The molecule has 0 N–H and O–H groups in total. The minimum atomic E-state index is 0.0166. The Bertz CT molecular complexity index is 684. The van der Waals surface area contributed by atoms with Crippen LogP contribution in [0, 0.1) is 12.8 Å². The van der Waals surface area contributed by atoms with Gasteiger partial charge in [0, 0.05) is 45.3 Å². The number of amides is 1. The predicted octanol–water partition coefficient (Wildman–Crippen LogP) is 2.11. The average Bonchev–Trinajstić information content (AvgIpc) is 2.96. The van der Waals surface area contributed by atoms with Gasteiger partial charge in [-0.2, -0.15) is 5.10 Å². The van der Waals surface area contributed by atoms with Gasteiger partial charge in [-0.05, 0) is 62.5 Å². The zero-order chi connectivity index (χ0) is 17.8. The van der Waals surface area contributed by atoms with Crippen LogP contribution >= 0.6 is 0 Å². The normalized spacial score (nSPS) is 16.1. The summed E-state index contributed by atoms with van der Waals surface area (Å²) in [5.74, 6) is 0.579. The zero-order valence-corrected chi connectivity index (χ0v) is 15.4. The molecule has 6 heteroatoms. The van der Waals surface area contributed by atoms with E-state index in [-0.39, 0.29) is 5.91 Å². The van der Waals surface area contributed by atoms with Crippen molar-refractivity contribution < 1.29 is 4.79 Å². The van der Waals surface area contributed by atoms with Gasteiger partial charge in [-0.1, -0.05) is 0 Å². The monoisotopic (exact) mass is 341 g/mol. The first-order chi connectivity index (χ1) is 12.0. The summed E-state index contributed by atoms with van der Waals surface area (Å²) < 4.78 is 1.75. The highest BCUT2D eigenvalue weighted by Crippen LogP contribution is 2.20. The van der Waals surface area contributed by atoms with Gasteiger partial charge in [0.05, 0.1) is 0 Å².